The number of Topliss-reactive ketones (excluding diaryl/α,β-unsaturated/α-hetero) is 1. The molecule has 2 heteroatoms. The van der Waals surface area contributed by atoms with Gasteiger partial charge in [0, 0.05) is 6.42 Å². The van der Waals surface area contributed by atoms with E-state index in [4.69, 9.17) is 4.74 Å². The van der Waals surface area contributed by atoms with E-state index in [1.54, 1.807) is 0 Å². The van der Waals surface area contributed by atoms with Crippen LogP contribution in [0.15, 0.2) is 24.3 Å². The summed E-state index contributed by atoms with van der Waals surface area (Å²) in [6.45, 7) is 6.93. The lowest BCUT2D eigenvalue weighted by Gasteiger charge is -2.12. The van der Waals surface area contributed by atoms with Crippen LogP contribution in [0.1, 0.15) is 50.4 Å². The molecule has 0 aromatic heterocycles. The third kappa shape index (κ3) is 4.22. The molecule has 0 saturated heterocycles. The summed E-state index contributed by atoms with van der Waals surface area (Å²) in [7, 11) is 0. The minimum atomic E-state index is 0.186. The Morgan fingerprint density at radius 2 is 2.00 bits per heavy atom. The Bertz CT molecular complexity index is 358. The molecule has 0 bridgehead atoms. The number of para-hydroxylation sites is 1. The lowest BCUT2D eigenvalue weighted by molar-refractivity contribution is 0.0959. The van der Waals surface area contributed by atoms with Crippen molar-refractivity contribution in [3.8, 4) is 5.75 Å². The highest BCUT2D eigenvalue weighted by Crippen LogP contribution is 2.22. The third-order valence-electron chi connectivity index (χ3n) is 2.88. The van der Waals surface area contributed by atoms with Crippen LogP contribution in [-0.4, -0.2) is 12.4 Å². The van der Waals surface area contributed by atoms with Gasteiger partial charge >= 0.3 is 0 Å². The number of hydrogen-bond donors (Lipinski definition) is 0. The van der Waals surface area contributed by atoms with Crippen molar-refractivity contribution in [1.29, 1.82) is 0 Å². The first-order chi connectivity index (χ1) is 8.19. The fourth-order valence-corrected chi connectivity index (χ4v) is 1.61. The molecule has 0 saturated carbocycles. The highest BCUT2D eigenvalue weighted by atomic mass is 16.5. The Morgan fingerprint density at radius 3 is 2.65 bits per heavy atom. The van der Waals surface area contributed by atoms with E-state index in [1.165, 1.54) is 0 Å². The van der Waals surface area contributed by atoms with Gasteiger partial charge in [0.15, 0.2) is 5.78 Å². The smallest absolute Gasteiger partial charge is 0.166 e. The van der Waals surface area contributed by atoms with E-state index in [0.717, 1.165) is 24.2 Å². The Balaban J connectivity index is 2.77. The average molecular weight is 234 g/mol. The Kier molecular flexibility index (Phi) is 5.75. The van der Waals surface area contributed by atoms with Crippen LogP contribution in [0.3, 0.4) is 0 Å². The Labute approximate surface area is 104 Å². The molecule has 0 heterocycles. The van der Waals surface area contributed by atoms with Gasteiger partial charge in [-0.05, 0) is 24.5 Å². The van der Waals surface area contributed by atoms with Gasteiger partial charge in [-0.1, -0.05) is 39.3 Å². The fourth-order valence-electron chi connectivity index (χ4n) is 1.61. The predicted molar refractivity (Wildman–Crippen MR) is 70.6 cm³/mol. The molecule has 1 rings (SSSR count). The molecule has 0 aliphatic rings. The molecule has 0 N–H and O–H groups in total. The maximum atomic E-state index is 12.1. The van der Waals surface area contributed by atoms with Crippen molar-refractivity contribution in [2.24, 2.45) is 5.92 Å². The van der Waals surface area contributed by atoms with Gasteiger partial charge in [0.05, 0.1) is 12.2 Å². The molecule has 1 aromatic rings. The van der Waals surface area contributed by atoms with Crippen molar-refractivity contribution < 1.29 is 9.53 Å². The number of ether oxygens (including phenoxy) is 1. The Morgan fingerprint density at radius 1 is 1.29 bits per heavy atom. The van der Waals surface area contributed by atoms with Gasteiger partial charge in [-0.25, -0.2) is 0 Å². The summed E-state index contributed by atoms with van der Waals surface area (Å²) in [6, 6.07) is 7.53. The van der Waals surface area contributed by atoms with Gasteiger partial charge in [0.1, 0.15) is 5.75 Å². The number of benzene rings is 1. The van der Waals surface area contributed by atoms with Gasteiger partial charge in [0.2, 0.25) is 0 Å². The molecule has 0 amide bonds. The molecule has 0 spiro atoms. The quantitative estimate of drug-likeness (QED) is 0.664. The maximum absolute atomic E-state index is 12.1. The summed E-state index contributed by atoms with van der Waals surface area (Å²) in [4.78, 5) is 12.1. The lowest BCUT2D eigenvalue weighted by Crippen LogP contribution is -2.08. The standard InChI is InChI=1S/C15H22O2/c1-4-10-17-15-9-7-6-8-13(15)14(16)11-12(3)5-2/h6-9,12H,4-5,10-11H2,1-3H3. The topological polar surface area (TPSA) is 26.3 Å². The highest BCUT2D eigenvalue weighted by Gasteiger charge is 2.14. The summed E-state index contributed by atoms with van der Waals surface area (Å²) in [6.07, 6.45) is 2.58. The SMILES string of the molecule is CCCOc1ccccc1C(=O)CC(C)CC. The van der Waals surface area contributed by atoms with Crippen molar-refractivity contribution >= 4 is 5.78 Å². The zero-order valence-corrected chi connectivity index (χ0v) is 11.0. The number of ketones is 1. The zero-order valence-electron chi connectivity index (χ0n) is 11.0. The third-order valence-corrected chi connectivity index (χ3v) is 2.88. The van der Waals surface area contributed by atoms with Crippen LogP contribution in [0.5, 0.6) is 5.75 Å². The first-order valence-corrected chi connectivity index (χ1v) is 6.44. The zero-order chi connectivity index (χ0) is 12.7. The summed E-state index contributed by atoms with van der Waals surface area (Å²) < 4.78 is 5.60. The highest BCUT2D eigenvalue weighted by molar-refractivity contribution is 5.98. The van der Waals surface area contributed by atoms with Crippen LogP contribution in [0.4, 0.5) is 0 Å². The minimum absolute atomic E-state index is 0.186. The predicted octanol–water partition coefficient (Wildman–Crippen LogP) is 4.09. The molecule has 0 fully saturated rings. The summed E-state index contributed by atoms with van der Waals surface area (Å²) in [5, 5.41) is 0. The number of carbonyl (C=O) groups excluding carboxylic acids is 1. The molecule has 0 aliphatic carbocycles. The van der Waals surface area contributed by atoms with Crippen LogP contribution < -0.4 is 4.74 Å². The van der Waals surface area contributed by atoms with E-state index in [9.17, 15) is 4.79 Å². The van der Waals surface area contributed by atoms with Crippen molar-refractivity contribution in [2.75, 3.05) is 6.61 Å². The first-order valence-electron chi connectivity index (χ1n) is 6.44. The largest absolute Gasteiger partial charge is 0.493 e. The van der Waals surface area contributed by atoms with Gasteiger partial charge in [0.25, 0.3) is 0 Å². The Hall–Kier alpha value is -1.31. The van der Waals surface area contributed by atoms with E-state index >= 15 is 0 Å². The first kappa shape index (κ1) is 13.8. The molecule has 2 nitrogen and oxygen atoms in total. The van der Waals surface area contributed by atoms with Crippen molar-refractivity contribution in [3.63, 3.8) is 0 Å². The normalized spacial score (nSPS) is 12.2. The molecular formula is C15H22O2. The van der Waals surface area contributed by atoms with Gasteiger partial charge in [-0.2, -0.15) is 0 Å². The second-order valence-corrected chi connectivity index (χ2v) is 4.49. The van der Waals surface area contributed by atoms with E-state index in [2.05, 4.69) is 20.8 Å². The van der Waals surface area contributed by atoms with E-state index in [1.807, 2.05) is 24.3 Å². The van der Waals surface area contributed by atoms with Gasteiger partial charge < -0.3 is 4.74 Å². The van der Waals surface area contributed by atoms with Gasteiger partial charge in [-0.15, -0.1) is 0 Å². The van der Waals surface area contributed by atoms with Crippen LogP contribution in [-0.2, 0) is 0 Å². The van der Waals surface area contributed by atoms with Crippen molar-refractivity contribution in [2.45, 2.75) is 40.0 Å². The monoisotopic (exact) mass is 234 g/mol. The van der Waals surface area contributed by atoms with E-state index < -0.39 is 0 Å². The second-order valence-electron chi connectivity index (χ2n) is 4.49. The van der Waals surface area contributed by atoms with E-state index in [-0.39, 0.29) is 5.78 Å². The molecule has 94 valence electrons. The maximum Gasteiger partial charge on any atom is 0.166 e. The fraction of sp³-hybridized carbons (Fsp3) is 0.533. The lowest BCUT2D eigenvalue weighted by atomic mass is 9.97. The minimum Gasteiger partial charge on any atom is -0.493 e. The average Bonchev–Trinajstić information content (AvgIpc) is 2.36. The summed E-state index contributed by atoms with van der Waals surface area (Å²) in [5.41, 5.74) is 0.723. The van der Waals surface area contributed by atoms with Gasteiger partial charge in [-0.3, -0.25) is 4.79 Å². The second kappa shape index (κ2) is 7.10. The molecular weight excluding hydrogens is 212 g/mol. The molecule has 1 aromatic carbocycles. The summed E-state index contributed by atoms with van der Waals surface area (Å²) >= 11 is 0. The van der Waals surface area contributed by atoms with Crippen molar-refractivity contribution in [1.82, 2.24) is 0 Å². The van der Waals surface area contributed by atoms with Crippen LogP contribution in [0.2, 0.25) is 0 Å². The van der Waals surface area contributed by atoms with Crippen LogP contribution >= 0.6 is 0 Å². The summed E-state index contributed by atoms with van der Waals surface area (Å²) in [5.74, 6) is 1.34. The molecule has 1 unspecified atom stereocenters. The van der Waals surface area contributed by atoms with Crippen LogP contribution in [0.25, 0.3) is 0 Å². The van der Waals surface area contributed by atoms with Crippen LogP contribution in [0, 0.1) is 5.92 Å². The number of rotatable bonds is 7. The molecule has 0 aliphatic heterocycles. The van der Waals surface area contributed by atoms with Crippen molar-refractivity contribution in [3.05, 3.63) is 29.8 Å². The van der Waals surface area contributed by atoms with E-state index in [0.29, 0.717) is 18.9 Å². The number of hydrogen-bond acceptors (Lipinski definition) is 2. The number of carbonyl (C=O) groups is 1. The molecule has 1 atom stereocenters. The molecule has 17 heavy (non-hydrogen) atoms. The molecule has 0 radical (unpaired) electrons.